The van der Waals surface area contributed by atoms with Crippen LogP contribution in [-0.4, -0.2) is 28.0 Å². The van der Waals surface area contributed by atoms with E-state index in [2.05, 4.69) is 12.2 Å². The number of rotatable bonds is 3. The summed E-state index contributed by atoms with van der Waals surface area (Å²) in [6, 6.07) is 16.2. The monoisotopic (exact) mass is 443 g/mol. The minimum Gasteiger partial charge on any atom is -0.351 e. The molecule has 0 saturated heterocycles. The van der Waals surface area contributed by atoms with Gasteiger partial charge in [-0.25, -0.2) is 0 Å². The van der Waals surface area contributed by atoms with Crippen LogP contribution in [0.3, 0.4) is 0 Å². The Morgan fingerprint density at radius 2 is 1.70 bits per heavy atom. The van der Waals surface area contributed by atoms with E-state index in [0.717, 1.165) is 47.8 Å². The second-order valence-corrected chi connectivity index (χ2v) is 10.0. The third-order valence-corrected chi connectivity index (χ3v) is 7.62. The molecule has 33 heavy (non-hydrogen) atoms. The maximum atomic E-state index is 14.0. The van der Waals surface area contributed by atoms with E-state index in [1.54, 1.807) is 4.90 Å². The van der Waals surface area contributed by atoms with Gasteiger partial charge in [-0.1, -0.05) is 49.9 Å². The Bertz CT molecular complexity index is 1220. The Morgan fingerprint density at radius 3 is 2.42 bits per heavy atom. The van der Waals surface area contributed by atoms with Crippen LogP contribution in [0.5, 0.6) is 0 Å². The molecule has 1 aliphatic carbocycles. The number of fused-ring (bicyclic) bond motifs is 3. The molecule has 0 radical (unpaired) electrons. The van der Waals surface area contributed by atoms with Crippen molar-refractivity contribution in [3.63, 3.8) is 0 Å². The summed E-state index contributed by atoms with van der Waals surface area (Å²) < 4.78 is 2.03. The van der Waals surface area contributed by atoms with Crippen molar-refractivity contribution in [1.29, 1.82) is 0 Å². The minimum atomic E-state index is -1.03. The highest BCUT2D eigenvalue weighted by Gasteiger charge is 2.49. The summed E-state index contributed by atoms with van der Waals surface area (Å²) in [7, 11) is 0. The number of carbonyl (C=O) groups excluding carboxylic acids is 2. The zero-order chi connectivity index (χ0) is 23.2. The number of benzene rings is 2. The van der Waals surface area contributed by atoms with Crippen LogP contribution in [-0.2, 0) is 11.3 Å². The Morgan fingerprint density at radius 1 is 0.970 bits per heavy atom. The van der Waals surface area contributed by atoms with E-state index < -0.39 is 5.54 Å². The van der Waals surface area contributed by atoms with Gasteiger partial charge in [0, 0.05) is 22.6 Å². The summed E-state index contributed by atoms with van der Waals surface area (Å²) in [6.45, 7) is 6.46. The molecule has 1 N–H and O–H groups in total. The molecule has 1 aromatic heterocycles. The molecular weight excluding hydrogens is 410 g/mol. The molecule has 5 heteroatoms. The largest absolute Gasteiger partial charge is 0.351 e. The van der Waals surface area contributed by atoms with Crippen molar-refractivity contribution in [3.8, 4) is 0 Å². The van der Waals surface area contributed by atoms with Crippen molar-refractivity contribution >= 4 is 28.4 Å². The van der Waals surface area contributed by atoms with Crippen LogP contribution >= 0.6 is 0 Å². The zero-order valence-corrected chi connectivity index (χ0v) is 19.9. The number of aromatic nitrogens is 1. The van der Waals surface area contributed by atoms with E-state index in [1.165, 1.54) is 18.4 Å². The van der Waals surface area contributed by atoms with Crippen LogP contribution in [0.2, 0.25) is 0 Å². The lowest BCUT2D eigenvalue weighted by molar-refractivity contribution is -0.127. The van der Waals surface area contributed by atoms with Crippen LogP contribution in [0.1, 0.15) is 67.1 Å². The van der Waals surface area contributed by atoms with Crippen molar-refractivity contribution in [2.24, 2.45) is 0 Å². The third kappa shape index (κ3) is 3.73. The highest BCUT2D eigenvalue weighted by Crippen LogP contribution is 2.36. The molecule has 0 spiro atoms. The van der Waals surface area contributed by atoms with Crippen molar-refractivity contribution in [2.75, 3.05) is 4.90 Å². The first kappa shape index (κ1) is 21.7. The van der Waals surface area contributed by atoms with E-state index in [0.29, 0.717) is 12.2 Å². The van der Waals surface area contributed by atoms with Gasteiger partial charge in [-0.05, 0) is 69.0 Å². The molecule has 2 heterocycles. The highest BCUT2D eigenvalue weighted by molar-refractivity contribution is 6.14. The van der Waals surface area contributed by atoms with Crippen molar-refractivity contribution in [1.82, 2.24) is 9.88 Å². The van der Waals surface area contributed by atoms with Crippen molar-refractivity contribution in [2.45, 2.75) is 77.4 Å². The first-order valence-electron chi connectivity index (χ1n) is 12.2. The molecule has 3 aromatic rings. The Hall–Kier alpha value is -3.08. The van der Waals surface area contributed by atoms with E-state index in [-0.39, 0.29) is 17.9 Å². The quantitative estimate of drug-likeness (QED) is 0.542. The average molecular weight is 444 g/mol. The molecule has 1 unspecified atom stereocenters. The average Bonchev–Trinajstić information content (AvgIpc) is 2.97. The van der Waals surface area contributed by atoms with Crippen LogP contribution < -0.4 is 10.2 Å². The van der Waals surface area contributed by atoms with Gasteiger partial charge in [-0.2, -0.15) is 0 Å². The smallest absolute Gasteiger partial charge is 0.275 e. The number of aryl methyl sites for hydroxylation is 2. The van der Waals surface area contributed by atoms with Gasteiger partial charge < -0.3 is 9.88 Å². The normalized spacial score (nSPS) is 21.7. The fourth-order valence-corrected chi connectivity index (χ4v) is 5.48. The number of para-hydroxylation sites is 1. The predicted octanol–water partition coefficient (Wildman–Crippen LogP) is 5.52. The molecule has 2 aliphatic rings. The van der Waals surface area contributed by atoms with Gasteiger partial charge in [0.1, 0.15) is 11.2 Å². The number of nitrogens with zero attached hydrogens (tertiary/aromatic N) is 2. The van der Waals surface area contributed by atoms with Gasteiger partial charge in [-0.3, -0.25) is 14.5 Å². The Kier molecular flexibility index (Phi) is 5.51. The fourth-order valence-electron chi connectivity index (χ4n) is 5.48. The number of hydrogen-bond donors (Lipinski definition) is 1. The summed E-state index contributed by atoms with van der Waals surface area (Å²) in [5, 5.41) is 4.36. The topological polar surface area (TPSA) is 54.3 Å². The minimum absolute atomic E-state index is 0.0654. The SMILES string of the molecule is Cc1ccc(N2C(=O)c3cc4ccccc4n3CC2(C)C(=O)NC2CCCCCC2)cc1C. The van der Waals surface area contributed by atoms with Gasteiger partial charge in [0.2, 0.25) is 5.91 Å². The van der Waals surface area contributed by atoms with Crippen LogP contribution in [0, 0.1) is 13.8 Å². The zero-order valence-electron chi connectivity index (χ0n) is 19.9. The molecular formula is C28H33N3O2. The molecule has 2 aromatic carbocycles. The van der Waals surface area contributed by atoms with Gasteiger partial charge in [0.15, 0.2) is 0 Å². The molecule has 0 bridgehead atoms. The molecule has 1 atom stereocenters. The lowest BCUT2D eigenvalue weighted by atomic mass is 9.92. The molecule has 1 saturated carbocycles. The number of carbonyl (C=O) groups is 2. The number of hydrogen-bond acceptors (Lipinski definition) is 2. The number of amides is 2. The van der Waals surface area contributed by atoms with E-state index in [1.807, 2.05) is 66.9 Å². The molecule has 5 nitrogen and oxygen atoms in total. The molecule has 2 amide bonds. The second kappa shape index (κ2) is 8.36. The van der Waals surface area contributed by atoms with E-state index in [4.69, 9.17) is 0 Å². The molecule has 1 aliphatic heterocycles. The van der Waals surface area contributed by atoms with Crippen molar-refractivity contribution < 1.29 is 9.59 Å². The van der Waals surface area contributed by atoms with Gasteiger partial charge in [0.25, 0.3) is 5.91 Å². The predicted molar refractivity (Wildman–Crippen MR) is 133 cm³/mol. The maximum Gasteiger partial charge on any atom is 0.275 e. The van der Waals surface area contributed by atoms with Crippen LogP contribution in [0.4, 0.5) is 5.69 Å². The maximum absolute atomic E-state index is 14.0. The molecule has 5 rings (SSSR count). The van der Waals surface area contributed by atoms with Gasteiger partial charge in [0.05, 0.1) is 6.54 Å². The summed E-state index contributed by atoms with van der Waals surface area (Å²) in [4.78, 5) is 29.6. The fraction of sp³-hybridized carbons (Fsp3) is 0.429. The highest BCUT2D eigenvalue weighted by atomic mass is 16.2. The third-order valence-electron chi connectivity index (χ3n) is 7.62. The van der Waals surface area contributed by atoms with Crippen molar-refractivity contribution in [3.05, 3.63) is 65.4 Å². The first-order chi connectivity index (χ1) is 15.9. The second-order valence-electron chi connectivity index (χ2n) is 10.0. The Labute approximate surface area is 195 Å². The standard InChI is InChI=1S/C28H33N3O2/c1-19-14-15-23(16-20(19)2)31-26(32)25-17-21-10-8-9-13-24(21)30(25)18-28(31,3)27(33)29-22-11-6-4-5-7-12-22/h8-10,13-17,22H,4-7,11-12,18H2,1-3H3,(H,29,33). The lowest BCUT2D eigenvalue weighted by Crippen LogP contribution is -2.65. The van der Waals surface area contributed by atoms with E-state index >= 15 is 0 Å². The summed E-state index contributed by atoms with van der Waals surface area (Å²) in [5.74, 6) is -0.191. The Balaban J connectivity index is 1.60. The van der Waals surface area contributed by atoms with Crippen LogP contribution in [0.15, 0.2) is 48.5 Å². The van der Waals surface area contributed by atoms with Gasteiger partial charge >= 0.3 is 0 Å². The summed E-state index contributed by atoms with van der Waals surface area (Å²) in [5.41, 5.74) is 3.65. The van der Waals surface area contributed by atoms with Gasteiger partial charge in [-0.15, -0.1) is 0 Å². The molecule has 1 fully saturated rings. The number of anilines is 1. The summed E-state index contributed by atoms with van der Waals surface area (Å²) >= 11 is 0. The van der Waals surface area contributed by atoms with E-state index in [9.17, 15) is 9.59 Å². The van der Waals surface area contributed by atoms with Crippen LogP contribution in [0.25, 0.3) is 10.9 Å². The number of nitrogens with one attached hydrogen (secondary N) is 1. The molecule has 172 valence electrons. The first-order valence-corrected chi connectivity index (χ1v) is 12.2. The summed E-state index contributed by atoms with van der Waals surface area (Å²) in [6.07, 6.45) is 6.78. The lowest BCUT2D eigenvalue weighted by Gasteiger charge is -2.44.